The summed E-state index contributed by atoms with van der Waals surface area (Å²) in [4.78, 5) is 19.2. The van der Waals surface area contributed by atoms with Crippen LogP contribution in [0.3, 0.4) is 0 Å². The molecule has 30 heavy (non-hydrogen) atoms. The van der Waals surface area contributed by atoms with E-state index in [0.717, 1.165) is 6.07 Å². The predicted octanol–water partition coefficient (Wildman–Crippen LogP) is 2.24. The molecule has 0 unspecified atom stereocenters. The van der Waals surface area contributed by atoms with Gasteiger partial charge < -0.3 is 24.8 Å². The Morgan fingerprint density at radius 3 is 2.77 bits per heavy atom. The Kier molecular flexibility index (Phi) is 5.65. The summed E-state index contributed by atoms with van der Waals surface area (Å²) in [5.41, 5.74) is 5.00. The molecule has 11 heteroatoms. The quantitative estimate of drug-likeness (QED) is 0.776. The summed E-state index contributed by atoms with van der Waals surface area (Å²) < 4.78 is 44.1. The van der Waals surface area contributed by atoms with E-state index in [0.29, 0.717) is 45.3 Å². The Bertz CT molecular complexity index is 908. The molecule has 2 aliphatic rings. The largest absolute Gasteiger partial charge is 0.457 e. The van der Waals surface area contributed by atoms with E-state index in [1.54, 1.807) is 0 Å². The summed E-state index contributed by atoms with van der Waals surface area (Å²) in [5, 5.41) is 0. The summed E-state index contributed by atoms with van der Waals surface area (Å²) in [5.74, 6) is 0.385. The molecule has 2 N–H and O–H groups in total. The van der Waals surface area contributed by atoms with Gasteiger partial charge in [0, 0.05) is 30.3 Å². The molecular weight excluding hydrogens is 398 g/mol. The summed E-state index contributed by atoms with van der Waals surface area (Å²) in [6, 6.07) is 1.19. The van der Waals surface area contributed by atoms with Crippen LogP contribution in [-0.4, -0.2) is 64.6 Å². The Labute approximate surface area is 172 Å². The number of nitrogen functional groups attached to an aromatic ring is 1. The van der Waals surface area contributed by atoms with Crippen molar-refractivity contribution in [2.75, 3.05) is 43.6 Å². The van der Waals surface area contributed by atoms with E-state index in [-0.39, 0.29) is 34.9 Å². The number of ether oxygens (including phenoxy) is 3. The third-order valence-corrected chi connectivity index (χ3v) is 5.08. The van der Waals surface area contributed by atoms with Crippen molar-refractivity contribution in [3.8, 4) is 17.4 Å². The minimum atomic E-state index is -2.77. The number of hydrogen-bond acceptors (Lipinski definition) is 9. The lowest BCUT2D eigenvalue weighted by atomic mass is 10.0. The number of halogens is 2. The minimum Gasteiger partial charge on any atom is -0.457 e. The highest BCUT2D eigenvalue weighted by molar-refractivity contribution is 5.63. The number of alkyl halides is 2. The first-order valence-electron chi connectivity index (χ1n) is 9.73. The first kappa shape index (κ1) is 20.6. The fourth-order valence-corrected chi connectivity index (χ4v) is 3.48. The van der Waals surface area contributed by atoms with Crippen molar-refractivity contribution in [2.45, 2.75) is 38.3 Å². The van der Waals surface area contributed by atoms with Gasteiger partial charge in [0.2, 0.25) is 5.95 Å². The smallest absolute Gasteiger partial charge is 0.322 e. The molecule has 2 saturated heterocycles. The number of pyridine rings is 1. The van der Waals surface area contributed by atoms with E-state index in [1.165, 1.54) is 6.20 Å². The van der Waals surface area contributed by atoms with Gasteiger partial charge in [-0.15, -0.1) is 0 Å². The summed E-state index contributed by atoms with van der Waals surface area (Å²) in [7, 11) is 0. The molecule has 0 aliphatic carbocycles. The van der Waals surface area contributed by atoms with Crippen LogP contribution in [0.5, 0.6) is 6.01 Å². The van der Waals surface area contributed by atoms with E-state index in [2.05, 4.69) is 19.9 Å². The predicted molar refractivity (Wildman–Crippen MR) is 105 cm³/mol. The van der Waals surface area contributed by atoms with Crippen LogP contribution in [0.4, 0.5) is 20.5 Å². The van der Waals surface area contributed by atoms with E-state index in [4.69, 9.17) is 19.9 Å². The number of hydrogen-bond donors (Lipinski definition) is 1. The van der Waals surface area contributed by atoms with E-state index < -0.39 is 12.0 Å². The summed E-state index contributed by atoms with van der Waals surface area (Å²) >= 11 is 0. The second-order valence-corrected chi connectivity index (χ2v) is 7.86. The minimum absolute atomic E-state index is 0.00257. The van der Waals surface area contributed by atoms with Gasteiger partial charge >= 0.3 is 6.01 Å². The zero-order valence-electron chi connectivity index (χ0n) is 16.8. The van der Waals surface area contributed by atoms with Gasteiger partial charge in [0.1, 0.15) is 11.9 Å². The monoisotopic (exact) mass is 422 g/mol. The highest BCUT2D eigenvalue weighted by Crippen LogP contribution is 2.33. The summed E-state index contributed by atoms with van der Waals surface area (Å²) in [6.45, 7) is 6.53. The normalized spacial score (nSPS) is 21.2. The van der Waals surface area contributed by atoms with E-state index >= 15 is 0 Å². The highest BCUT2D eigenvalue weighted by atomic mass is 19.3. The number of nitrogens with two attached hydrogens (primary N) is 1. The Balaban J connectivity index is 1.80. The van der Waals surface area contributed by atoms with Crippen LogP contribution in [0.15, 0.2) is 12.3 Å². The number of rotatable bonds is 5. The fourth-order valence-electron chi connectivity index (χ4n) is 3.48. The molecule has 1 atom stereocenters. The lowest BCUT2D eigenvalue weighted by molar-refractivity contribution is 0.0631. The van der Waals surface area contributed by atoms with Crippen molar-refractivity contribution in [1.82, 2.24) is 19.9 Å². The SMILES string of the molecule is CC1(C)COCCN1c1nc(O[C@H]2CCOC2)nc(-c2cnc(N)cc2C(F)F)n1. The standard InChI is InChI=1S/C19H24F2N6O3/c1-19(2)10-29-6-4-27(19)17-24-16(13-8-23-14(22)7-12(13)15(20)21)25-18(26-17)30-11-3-5-28-9-11/h7-8,11,15H,3-6,9-10H2,1-2H3,(H2,22,23)/t11-/m0/s1. The molecule has 0 spiro atoms. The molecular formula is C19H24F2N6O3. The topological polar surface area (TPSA) is 109 Å². The first-order valence-corrected chi connectivity index (χ1v) is 9.73. The molecule has 9 nitrogen and oxygen atoms in total. The number of nitrogens with zero attached hydrogens (tertiary/aromatic N) is 5. The van der Waals surface area contributed by atoms with Crippen molar-refractivity contribution in [1.29, 1.82) is 0 Å². The van der Waals surface area contributed by atoms with Crippen molar-refractivity contribution in [3.63, 3.8) is 0 Å². The first-order chi connectivity index (χ1) is 14.3. The van der Waals surface area contributed by atoms with Crippen LogP contribution in [0.25, 0.3) is 11.4 Å². The third kappa shape index (κ3) is 4.26. The molecule has 0 bridgehead atoms. The van der Waals surface area contributed by atoms with Crippen molar-refractivity contribution >= 4 is 11.8 Å². The average Bonchev–Trinajstić information content (AvgIpc) is 3.20. The molecule has 4 rings (SSSR count). The van der Waals surface area contributed by atoms with Crippen molar-refractivity contribution in [2.24, 2.45) is 0 Å². The van der Waals surface area contributed by atoms with Gasteiger partial charge in [-0.1, -0.05) is 0 Å². The number of aromatic nitrogens is 4. The average molecular weight is 422 g/mol. The number of morpholine rings is 1. The highest BCUT2D eigenvalue weighted by Gasteiger charge is 2.34. The van der Waals surface area contributed by atoms with E-state index in [1.807, 2.05) is 18.7 Å². The van der Waals surface area contributed by atoms with Crippen LogP contribution in [0.2, 0.25) is 0 Å². The molecule has 2 aromatic heterocycles. The van der Waals surface area contributed by atoms with Gasteiger partial charge in [-0.3, -0.25) is 0 Å². The van der Waals surface area contributed by atoms with Gasteiger partial charge in [0.15, 0.2) is 5.82 Å². The maximum atomic E-state index is 13.7. The fraction of sp³-hybridized carbons (Fsp3) is 0.579. The number of anilines is 2. The van der Waals surface area contributed by atoms with Crippen LogP contribution in [-0.2, 0) is 9.47 Å². The van der Waals surface area contributed by atoms with Gasteiger partial charge in [-0.05, 0) is 19.9 Å². The zero-order valence-corrected chi connectivity index (χ0v) is 16.8. The van der Waals surface area contributed by atoms with Crippen LogP contribution in [0.1, 0.15) is 32.3 Å². The Morgan fingerprint density at radius 1 is 1.23 bits per heavy atom. The van der Waals surface area contributed by atoms with Gasteiger partial charge in [-0.25, -0.2) is 13.8 Å². The zero-order chi connectivity index (χ0) is 21.3. The maximum Gasteiger partial charge on any atom is 0.322 e. The second-order valence-electron chi connectivity index (χ2n) is 7.86. The molecule has 2 fully saturated rings. The molecule has 2 aromatic rings. The lowest BCUT2D eigenvalue weighted by Gasteiger charge is -2.42. The molecule has 0 saturated carbocycles. The van der Waals surface area contributed by atoms with E-state index in [9.17, 15) is 8.78 Å². The van der Waals surface area contributed by atoms with Crippen molar-refractivity contribution < 1.29 is 23.0 Å². The van der Waals surface area contributed by atoms with Gasteiger partial charge in [0.05, 0.1) is 32.0 Å². The molecule has 4 heterocycles. The maximum absolute atomic E-state index is 13.7. The second kappa shape index (κ2) is 8.23. The van der Waals surface area contributed by atoms with Crippen molar-refractivity contribution in [3.05, 3.63) is 17.8 Å². The van der Waals surface area contributed by atoms with Crippen LogP contribution < -0.4 is 15.4 Å². The van der Waals surface area contributed by atoms with Crippen LogP contribution >= 0.6 is 0 Å². The molecule has 2 aliphatic heterocycles. The molecule has 0 aromatic carbocycles. The van der Waals surface area contributed by atoms with Crippen LogP contribution in [0, 0.1) is 0 Å². The van der Waals surface area contributed by atoms with Gasteiger partial charge in [-0.2, -0.15) is 15.0 Å². The Hall–Kier alpha value is -2.66. The molecule has 0 radical (unpaired) electrons. The lowest BCUT2D eigenvalue weighted by Crippen LogP contribution is -2.54. The van der Waals surface area contributed by atoms with Gasteiger partial charge in [0.25, 0.3) is 6.43 Å². The summed E-state index contributed by atoms with van der Waals surface area (Å²) in [6.07, 6.45) is -1.02. The Morgan fingerprint density at radius 2 is 2.07 bits per heavy atom. The molecule has 0 amide bonds. The third-order valence-electron chi connectivity index (χ3n) is 5.08. The molecule has 162 valence electrons.